The van der Waals surface area contributed by atoms with Gasteiger partial charge < -0.3 is 73.6 Å². The Hall–Kier alpha value is -3.84. The van der Waals surface area contributed by atoms with E-state index in [2.05, 4.69) is 59.1 Å². The molecule has 764 valence electrons. The first kappa shape index (κ1) is 122. The van der Waals surface area contributed by atoms with Gasteiger partial charge in [0.2, 0.25) is 11.8 Å². The minimum atomic E-state index is -5.61. The lowest BCUT2D eigenvalue weighted by Gasteiger charge is -2.47. The molecule has 25 heteroatoms. The van der Waals surface area contributed by atoms with Crippen LogP contribution in [0, 0.1) is 0 Å². The van der Waals surface area contributed by atoms with Gasteiger partial charge in [-0.2, -0.15) is 0 Å². The van der Waals surface area contributed by atoms with Gasteiger partial charge in [0.15, 0.2) is 18.5 Å². The topological polar surface area (TPSA) is 345 Å². The lowest BCUT2D eigenvalue weighted by atomic mass is 9.92. The first-order valence-electron chi connectivity index (χ1n) is 54.3. The molecule has 0 spiro atoms. The van der Waals surface area contributed by atoms with E-state index in [9.17, 15) is 53.6 Å². The van der Waals surface area contributed by atoms with Crippen LogP contribution < -0.4 is 10.6 Å². The summed E-state index contributed by atoms with van der Waals surface area (Å²) in [4.78, 5) is 122. The first-order valence-corrected chi connectivity index (χ1v) is 55.8. The van der Waals surface area contributed by atoms with Crippen LogP contribution in [0.3, 0.4) is 0 Å². The van der Waals surface area contributed by atoms with Gasteiger partial charge in [-0.25, -0.2) is 4.57 Å². The fourth-order valence-electron chi connectivity index (χ4n) is 18.2. The highest BCUT2D eigenvalue weighted by Crippen LogP contribution is 2.43. The van der Waals surface area contributed by atoms with E-state index in [-0.39, 0.29) is 38.1 Å². The number of phosphoric acid groups is 1. The lowest BCUT2D eigenvalue weighted by molar-refractivity contribution is -0.285. The highest BCUT2D eigenvalue weighted by molar-refractivity contribution is 7.46. The molecule has 2 fully saturated rings. The van der Waals surface area contributed by atoms with Gasteiger partial charge in [-0.05, 0) is 71.1 Å². The summed E-state index contributed by atoms with van der Waals surface area (Å²) in [5.74, 6) is -4.57. The second-order valence-electron chi connectivity index (χ2n) is 38.6. The van der Waals surface area contributed by atoms with Crippen molar-refractivity contribution in [2.24, 2.45) is 0 Å². The van der Waals surface area contributed by atoms with Crippen molar-refractivity contribution in [3.8, 4) is 0 Å². The Bertz CT molecular complexity index is 2780. The molecule has 8 unspecified atom stereocenters. The van der Waals surface area contributed by atoms with Crippen LogP contribution in [0.5, 0.6) is 0 Å². The summed E-state index contributed by atoms with van der Waals surface area (Å²) in [6.45, 7) is 15.2. The average molecular weight is 1870 g/mol. The Balaban J connectivity index is 2.80. The highest BCUT2D eigenvalue weighted by Gasteiger charge is 2.54. The number of esters is 5. The summed E-state index contributed by atoms with van der Waals surface area (Å²) in [5.41, 5.74) is 0. The van der Waals surface area contributed by atoms with Crippen molar-refractivity contribution in [3.05, 3.63) is 0 Å². The van der Waals surface area contributed by atoms with Crippen molar-refractivity contribution < 1.29 is 106 Å². The van der Waals surface area contributed by atoms with Crippen molar-refractivity contribution >= 4 is 49.5 Å². The molecule has 14 atom stereocenters. The minimum absolute atomic E-state index is 0.119. The first-order chi connectivity index (χ1) is 63.1. The fourth-order valence-corrected chi connectivity index (χ4v) is 18.8. The van der Waals surface area contributed by atoms with Crippen LogP contribution >= 0.6 is 7.82 Å². The molecule has 0 bridgehead atoms. The number of nitrogens with one attached hydrogen (secondary N) is 2. The summed E-state index contributed by atoms with van der Waals surface area (Å²) in [6.07, 6.45) is 48.7. The Kier molecular flexibility index (Phi) is 78.3. The monoisotopic (exact) mass is 1870 g/mol. The Labute approximate surface area is 790 Å². The molecule has 130 heavy (non-hydrogen) atoms. The van der Waals surface area contributed by atoms with E-state index in [1.165, 1.54) is 135 Å². The molecule has 0 aliphatic carbocycles. The van der Waals surface area contributed by atoms with E-state index < -0.39 is 162 Å². The molecule has 2 heterocycles. The summed E-state index contributed by atoms with van der Waals surface area (Å²) < 4.78 is 69.4. The number of amides is 2. The van der Waals surface area contributed by atoms with E-state index in [4.69, 9.17) is 42.4 Å². The second-order valence-corrected chi connectivity index (χ2v) is 39.8. The van der Waals surface area contributed by atoms with E-state index in [1.54, 1.807) is 6.92 Å². The number of aliphatic hydroxyl groups is 3. The number of hydrogen-bond acceptors (Lipinski definition) is 20. The number of rotatable bonds is 91. The standard InChI is InChI=1S/C105H197N2O22P/c1-9-16-23-30-37-42-43-44-45-50-57-64-70-76-94(112)123-87(73-66-60-53-46-38-31-24-17-10-2)80-92(110)106-99-85(8)122-91(101(117)103(99)127-97(115)79-86(109)72-65-58-51-35-28-21-14-6)84-121-105-100(107-93(111)81-88(74-67-61-54-47-39-32-25-18-11-3)124-95(113)77-69-62-55-48-40-33-26-19-12-4)104(102(90(83-108)126-105)129-130(118,119)120)128-98(116)82-89(75-68-59-52-36-29-22-15-7)125-96(114)78-71-63-56-49-41-34-27-20-13-5/h85-91,99-105,108-109,117H,9-84H2,1-8H3,(H,106,110)(H,107,111)(H2,118,119,120)/t85-,86?,87?,88?,89?,90?,91?,99?,100?,101-,102-,103-,104-,105-/m1/s1. The number of aliphatic hydroxyl groups excluding tert-OH is 3. The zero-order valence-corrected chi connectivity index (χ0v) is 84.8. The van der Waals surface area contributed by atoms with Gasteiger partial charge in [0.25, 0.3) is 0 Å². The van der Waals surface area contributed by atoms with E-state index in [0.29, 0.717) is 64.2 Å². The molecule has 0 aromatic heterocycles. The fraction of sp³-hybridized carbons (Fsp3) is 0.933. The lowest BCUT2D eigenvalue weighted by Crippen LogP contribution is -2.67. The molecular weight excluding hydrogens is 1670 g/mol. The largest absolute Gasteiger partial charge is 0.470 e. The molecule has 0 radical (unpaired) electrons. The number of ether oxygens (including phenoxy) is 8. The average Bonchev–Trinajstić information content (AvgIpc) is 0.777. The van der Waals surface area contributed by atoms with Gasteiger partial charge in [-0.1, -0.05) is 414 Å². The van der Waals surface area contributed by atoms with Gasteiger partial charge in [0.1, 0.15) is 48.8 Å². The third-order valence-electron chi connectivity index (χ3n) is 26.2. The van der Waals surface area contributed by atoms with Gasteiger partial charge >= 0.3 is 37.7 Å². The van der Waals surface area contributed by atoms with Crippen molar-refractivity contribution in [1.82, 2.24) is 10.6 Å². The Morgan fingerprint density at radius 3 is 0.923 bits per heavy atom. The SMILES string of the molecule is CCCCCCCCCCCCCCCC(=O)OC(CCCCCCCCCCC)CC(=O)NC1[C@@H](OC(=O)CC(O)CCCCCCCCC)[C@H](O)C(CO[C@@H]2OC(CO)[C@@H](OP(=O)(O)O)[C@H](OC(=O)CC(CCCCCCCCC)OC(=O)CCCCCCCCCCC)C2NC(=O)CC(CCCCCCCCCCC)OC(=O)CCCCCCCCCCC)O[C@@H]1C. The summed E-state index contributed by atoms with van der Waals surface area (Å²) in [5, 5.41) is 41.3. The molecule has 2 aliphatic rings. The number of phosphoric ester groups is 1. The summed E-state index contributed by atoms with van der Waals surface area (Å²) >= 11 is 0. The Morgan fingerprint density at radius 1 is 0.331 bits per heavy atom. The van der Waals surface area contributed by atoms with Gasteiger partial charge in [0, 0.05) is 19.3 Å². The maximum Gasteiger partial charge on any atom is 0.470 e. The predicted octanol–water partition coefficient (Wildman–Crippen LogP) is 25.2. The van der Waals surface area contributed by atoms with Crippen LogP contribution in [-0.2, 0) is 80.5 Å². The van der Waals surface area contributed by atoms with Crippen LogP contribution in [0.25, 0.3) is 0 Å². The van der Waals surface area contributed by atoms with Gasteiger partial charge in [-0.3, -0.25) is 38.1 Å². The van der Waals surface area contributed by atoms with Crippen LogP contribution in [0.2, 0.25) is 0 Å². The minimum Gasteiger partial charge on any atom is -0.462 e. The van der Waals surface area contributed by atoms with Crippen LogP contribution in [-0.4, -0.2) is 165 Å². The van der Waals surface area contributed by atoms with Crippen molar-refractivity contribution in [1.29, 1.82) is 0 Å². The molecular formula is C105H197N2O22P. The van der Waals surface area contributed by atoms with E-state index >= 15 is 9.59 Å². The number of carbonyl (C=O) groups excluding carboxylic acids is 7. The van der Waals surface area contributed by atoms with Crippen molar-refractivity contribution in [2.45, 2.75) is 616 Å². The molecule has 2 aliphatic heterocycles. The molecule has 2 saturated heterocycles. The third-order valence-corrected chi connectivity index (χ3v) is 26.7. The Morgan fingerprint density at radius 2 is 0.608 bits per heavy atom. The number of unbranched alkanes of at least 4 members (excludes halogenated alkanes) is 56. The second kappa shape index (κ2) is 83.3. The van der Waals surface area contributed by atoms with Gasteiger partial charge in [-0.15, -0.1) is 0 Å². The van der Waals surface area contributed by atoms with Crippen molar-refractivity contribution in [3.63, 3.8) is 0 Å². The van der Waals surface area contributed by atoms with E-state index in [0.717, 1.165) is 225 Å². The number of hydrogen-bond donors (Lipinski definition) is 7. The van der Waals surface area contributed by atoms with Gasteiger partial charge in [0.05, 0.1) is 57.1 Å². The van der Waals surface area contributed by atoms with Crippen LogP contribution in [0.1, 0.15) is 531 Å². The maximum atomic E-state index is 15.2. The zero-order valence-electron chi connectivity index (χ0n) is 83.9. The zero-order chi connectivity index (χ0) is 95.1. The maximum absolute atomic E-state index is 15.2. The van der Waals surface area contributed by atoms with E-state index in [1.807, 2.05) is 0 Å². The molecule has 24 nitrogen and oxygen atoms in total. The summed E-state index contributed by atoms with van der Waals surface area (Å²) in [7, 11) is -5.61. The smallest absolute Gasteiger partial charge is 0.462 e. The van der Waals surface area contributed by atoms with Crippen molar-refractivity contribution in [2.75, 3.05) is 13.2 Å². The molecule has 2 amide bonds. The molecule has 0 aromatic carbocycles. The summed E-state index contributed by atoms with van der Waals surface area (Å²) in [6, 6.07) is -3.02. The highest BCUT2D eigenvalue weighted by atomic mass is 31.2. The van der Waals surface area contributed by atoms with Crippen LogP contribution in [0.4, 0.5) is 0 Å². The molecule has 7 N–H and O–H groups in total. The molecule has 2 rings (SSSR count). The number of carbonyl (C=O) groups is 7. The quantitative estimate of drug-likeness (QED) is 0.0129. The predicted molar refractivity (Wildman–Crippen MR) is 520 cm³/mol. The molecule has 0 saturated carbocycles. The third kappa shape index (κ3) is 65.8. The molecule has 0 aromatic rings. The normalized spacial score (nSPS) is 19.7. The van der Waals surface area contributed by atoms with Crippen LogP contribution in [0.15, 0.2) is 0 Å².